The van der Waals surface area contributed by atoms with E-state index in [9.17, 15) is 0 Å². The molecule has 17 heavy (non-hydrogen) atoms. The van der Waals surface area contributed by atoms with E-state index in [1.54, 1.807) is 13.1 Å². The molecule has 1 N–H and O–H groups in total. The van der Waals surface area contributed by atoms with Gasteiger partial charge in [-0.05, 0) is 19.9 Å². The van der Waals surface area contributed by atoms with Crippen LogP contribution < -0.4 is 5.32 Å². The lowest BCUT2D eigenvalue weighted by Gasteiger charge is -2.20. The quantitative estimate of drug-likeness (QED) is 0.846. The van der Waals surface area contributed by atoms with E-state index in [-0.39, 0.29) is 12.1 Å². The van der Waals surface area contributed by atoms with Gasteiger partial charge in [-0.1, -0.05) is 0 Å². The standard InChI is InChI=1S/C11H17N5O/c1-8(9(2)16-6-4-5-13-16)12-7-11-15-14-10(3)17-11/h4-6,8-9,12H,7H2,1-3H3/t8-,9+/m0/s1. The normalized spacial score (nSPS) is 14.8. The summed E-state index contributed by atoms with van der Waals surface area (Å²) < 4.78 is 7.22. The van der Waals surface area contributed by atoms with E-state index < -0.39 is 0 Å². The van der Waals surface area contributed by atoms with Gasteiger partial charge in [0.2, 0.25) is 11.8 Å². The fourth-order valence-corrected chi connectivity index (χ4v) is 1.58. The third kappa shape index (κ3) is 2.91. The van der Waals surface area contributed by atoms with Crippen molar-refractivity contribution in [2.45, 2.75) is 39.4 Å². The predicted molar refractivity (Wildman–Crippen MR) is 62.3 cm³/mol. The first-order chi connectivity index (χ1) is 8.16. The van der Waals surface area contributed by atoms with E-state index >= 15 is 0 Å². The SMILES string of the molecule is Cc1nnc(CN[C@@H](C)[C@@H](C)n2cccn2)o1. The van der Waals surface area contributed by atoms with Gasteiger partial charge >= 0.3 is 0 Å². The molecule has 0 radical (unpaired) electrons. The molecule has 2 heterocycles. The van der Waals surface area contributed by atoms with Gasteiger partial charge in [-0.25, -0.2) is 0 Å². The van der Waals surface area contributed by atoms with Crippen molar-refractivity contribution in [2.24, 2.45) is 0 Å². The van der Waals surface area contributed by atoms with Gasteiger partial charge in [0, 0.05) is 25.4 Å². The molecule has 0 aliphatic rings. The van der Waals surface area contributed by atoms with Crippen LogP contribution in [0.1, 0.15) is 31.7 Å². The fraction of sp³-hybridized carbons (Fsp3) is 0.545. The van der Waals surface area contributed by atoms with Crippen molar-refractivity contribution in [3.63, 3.8) is 0 Å². The van der Waals surface area contributed by atoms with Crippen LogP contribution in [0.15, 0.2) is 22.9 Å². The van der Waals surface area contributed by atoms with Gasteiger partial charge in [-0.3, -0.25) is 4.68 Å². The first kappa shape index (κ1) is 11.8. The Morgan fingerprint density at radius 2 is 2.24 bits per heavy atom. The third-order valence-corrected chi connectivity index (χ3v) is 2.81. The van der Waals surface area contributed by atoms with Crippen LogP contribution in [-0.4, -0.2) is 26.0 Å². The Morgan fingerprint density at radius 1 is 1.41 bits per heavy atom. The highest BCUT2D eigenvalue weighted by atomic mass is 16.4. The Morgan fingerprint density at radius 3 is 2.82 bits per heavy atom. The Balaban J connectivity index is 1.87. The third-order valence-electron chi connectivity index (χ3n) is 2.81. The molecule has 0 aliphatic carbocycles. The van der Waals surface area contributed by atoms with Crippen LogP contribution in [-0.2, 0) is 6.54 Å². The molecule has 0 aliphatic heterocycles. The molecule has 2 rings (SSSR count). The van der Waals surface area contributed by atoms with Crippen LogP contribution in [0.2, 0.25) is 0 Å². The molecule has 6 nitrogen and oxygen atoms in total. The van der Waals surface area contributed by atoms with Gasteiger partial charge in [0.25, 0.3) is 0 Å². The van der Waals surface area contributed by atoms with Crippen molar-refractivity contribution in [3.8, 4) is 0 Å². The summed E-state index contributed by atoms with van der Waals surface area (Å²) in [6.45, 7) is 6.58. The summed E-state index contributed by atoms with van der Waals surface area (Å²) in [5, 5.41) is 15.3. The van der Waals surface area contributed by atoms with E-state index in [0.29, 0.717) is 18.3 Å². The highest BCUT2D eigenvalue weighted by molar-refractivity contribution is 4.85. The Labute approximate surface area is 100 Å². The van der Waals surface area contributed by atoms with Gasteiger partial charge in [0.15, 0.2) is 0 Å². The Hall–Kier alpha value is -1.69. The van der Waals surface area contributed by atoms with Crippen LogP contribution >= 0.6 is 0 Å². The summed E-state index contributed by atoms with van der Waals surface area (Å²) in [7, 11) is 0. The molecule has 0 fully saturated rings. The number of rotatable bonds is 5. The number of hydrogen-bond acceptors (Lipinski definition) is 5. The van der Waals surface area contributed by atoms with Gasteiger partial charge < -0.3 is 9.73 Å². The Kier molecular flexibility index (Phi) is 3.53. The van der Waals surface area contributed by atoms with Crippen molar-refractivity contribution in [1.82, 2.24) is 25.3 Å². The molecular formula is C11H17N5O. The largest absolute Gasteiger partial charge is 0.424 e. The van der Waals surface area contributed by atoms with Gasteiger partial charge in [-0.15, -0.1) is 10.2 Å². The zero-order valence-corrected chi connectivity index (χ0v) is 10.3. The van der Waals surface area contributed by atoms with Crippen molar-refractivity contribution >= 4 is 0 Å². The number of nitrogens with one attached hydrogen (secondary N) is 1. The summed E-state index contributed by atoms with van der Waals surface area (Å²) in [5.41, 5.74) is 0. The first-order valence-electron chi connectivity index (χ1n) is 5.68. The molecule has 0 saturated carbocycles. The average molecular weight is 235 g/mol. The summed E-state index contributed by atoms with van der Waals surface area (Å²) >= 11 is 0. The van der Waals surface area contributed by atoms with Crippen molar-refractivity contribution in [3.05, 3.63) is 30.2 Å². The van der Waals surface area contributed by atoms with Crippen LogP contribution in [0.4, 0.5) is 0 Å². The maximum atomic E-state index is 5.30. The second kappa shape index (κ2) is 5.09. The lowest BCUT2D eigenvalue weighted by Crippen LogP contribution is -2.33. The minimum absolute atomic E-state index is 0.266. The average Bonchev–Trinajstić information content (AvgIpc) is 2.95. The van der Waals surface area contributed by atoms with E-state index in [0.717, 1.165) is 0 Å². The molecule has 0 saturated heterocycles. The van der Waals surface area contributed by atoms with Crippen molar-refractivity contribution in [2.75, 3.05) is 0 Å². The molecule has 6 heteroatoms. The maximum absolute atomic E-state index is 5.30. The molecule has 2 atom stereocenters. The molecule has 2 aromatic heterocycles. The molecule has 0 unspecified atom stereocenters. The van der Waals surface area contributed by atoms with E-state index in [1.165, 1.54) is 0 Å². The van der Waals surface area contributed by atoms with E-state index in [1.807, 2.05) is 16.9 Å². The lowest BCUT2D eigenvalue weighted by molar-refractivity contribution is 0.345. The summed E-state index contributed by atoms with van der Waals surface area (Å²) in [5.74, 6) is 1.21. The van der Waals surface area contributed by atoms with E-state index in [2.05, 4.69) is 34.5 Å². The van der Waals surface area contributed by atoms with Crippen LogP contribution in [0.5, 0.6) is 0 Å². The molecule has 0 bridgehead atoms. The molecular weight excluding hydrogens is 218 g/mol. The maximum Gasteiger partial charge on any atom is 0.230 e. The number of hydrogen-bond donors (Lipinski definition) is 1. The molecule has 2 aromatic rings. The summed E-state index contributed by atoms with van der Waals surface area (Å²) in [4.78, 5) is 0. The number of aromatic nitrogens is 4. The smallest absolute Gasteiger partial charge is 0.230 e. The number of nitrogens with zero attached hydrogens (tertiary/aromatic N) is 4. The van der Waals surface area contributed by atoms with Crippen LogP contribution in [0.25, 0.3) is 0 Å². The second-order valence-corrected chi connectivity index (χ2v) is 4.11. The summed E-state index contributed by atoms with van der Waals surface area (Å²) in [6, 6.07) is 2.46. The molecule has 92 valence electrons. The van der Waals surface area contributed by atoms with Gasteiger partial charge in [0.1, 0.15) is 0 Å². The minimum Gasteiger partial charge on any atom is -0.424 e. The second-order valence-electron chi connectivity index (χ2n) is 4.11. The molecule has 0 spiro atoms. The number of aryl methyl sites for hydroxylation is 1. The zero-order chi connectivity index (χ0) is 12.3. The van der Waals surface area contributed by atoms with Gasteiger partial charge in [-0.2, -0.15) is 5.10 Å². The van der Waals surface area contributed by atoms with Crippen molar-refractivity contribution in [1.29, 1.82) is 0 Å². The molecule has 0 aromatic carbocycles. The summed E-state index contributed by atoms with van der Waals surface area (Å²) in [6.07, 6.45) is 3.74. The zero-order valence-electron chi connectivity index (χ0n) is 10.3. The molecule has 0 amide bonds. The minimum atomic E-state index is 0.266. The monoisotopic (exact) mass is 235 g/mol. The lowest BCUT2D eigenvalue weighted by atomic mass is 10.2. The topological polar surface area (TPSA) is 68.8 Å². The highest BCUT2D eigenvalue weighted by Crippen LogP contribution is 2.09. The highest BCUT2D eigenvalue weighted by Gasteiger charge is 2.14. The van der Waals surface area contributed by atoms with Crippen LogP contribution in [0.3, 0.4) is 0 Å². The predicted octanol–water partition coefficient (Wildman–Crippen LogP) is 1.31. The van der Waals surface area contributed by atoms with Gasteiger partial charge in [0.05, 0.1) is 12.6 Å². The van der Waals surface area contributed by atoms with E-state index in [4.69, 9.17) is 4.42 Å². The van der Waals surface area contributed by atoms with Crippen LogP contribution in [0, 0.1) is 6.92 Å². The Bertz CT molecular complexity index is 450. The van der Waals surface area contributed by atoms with Crippen molar-refractivity contribution < 1.29 is 4.42 Å². The first-order valence-corrected chi connectivity index (χ1v) is 5.68. The fourth-order valence-electron chi connectivity index (χ4n) is 1.58.